The number of thioether (sulfide) groups is 1. The molecule has 1 N–H and O–H groups in total. The summed E-state index contributed by atoms with van der Waals surface area (Å²) in [6.45, 7) is 1.96. The minimum absolute atomic E-state index is 0.160. The van der Waals surface area contributed by atoms with Crippen LogP contribution in [0.5, 0.6) is 5.75 Å². The van der Waals surface area contributed by atoms with Gasteiger partial charge in [-0.3, -0.25) is 4.79 Å². The van der Waals surface area contributed by atoms with Crippen LogP contribution in [0, 0.1) is 6.92 Å². The van der Waals surface area contributed by atoms with Crippen LogP contribution in [0.2, 0.25) is 5.02 Å². The number of hydrogen-bond acceptors (Lipinski definition) is 4. The summed E-state index contributed by atoms with van der Waals surface area (Å²) < 4.78 is 5.15. The summed E-state index contributed by atoms with van der Waals surface area (Å²) in [5.41, 5.74) is 4.47. The first kappa shape index (κ1) is 17.4. The minimum atomic E-state index is -0.160. The summed E-state index contributed by atoms with van der Waals surface area (Å²) in [4.78, 5) is 12.8. The Morgan fingerprint density at radius 3 is 2.70 bits per heavy atom. The fourth-order valence-corrected chi connectivity index (χ4v) is 2.62. The number of amides is 1. The lowest BCUT2D eigenvalue weighted by molar-refractivity contribution is -0.118. The summed E-state index contributed by atoms with van der Waals surface area (Å²) in [6, 6.07) is 13.0. The quantitative estimate of drug-likeness (QED) is 0.489. The van der Waals surface area contributed by atoms with Crippen LogP contribution >= 0.6 is 23.4 Å². The third-order valence-electron chi connectivity index (χ3n) is 3.05. The zero-order chi connectivity index (χ0) is 16.7. The molecule has 2 rings (SSSR count). The minimum Gasteiger partial charge on any atom is -0.497 e. The van der Waals surface area contributed by atoms with Gasteiger partial charge in [-0.05, 0) is 60.5 Å². The van der Waals surface area contributed by atoms with E-state index in [1.807, 2.05) is 37.3 Å². The van der Waals surface area contributed by atoms with Crippen molar-refractivity contribution < 1.29 is 9.53 Å². The maximum atomic E-state index is 11.8. The largest absolute Gasteiger partial charge is 0.497 e. The number of nitrogens with one attached hydrogen (secondary N) is 1. The van der Waals surface area contributed by atoms with Crippen molar-refractivity contribution >= 4 is 35.5 Å². The molecule has 4 nitrogen and oxygen atoms in total. The number of hydrogen-bond donors (Lipinski definition) is 1. The topological polar surface area (TPSA) is 50.7 Å². The first-order valence-electron chi connectivity index (χ1n) is 6.93. The van der Waals surface area contributed by atoms with Crippen molar-refractivity contribution in [3.05, 3.63) is 58.6 Å². The predicted octanol–water partition coefficient (Wildman–Crippen LogP) is 3.90. The van der Waals surface area contributed by atoms with Gasteiger partial charge in [-0.1, -0.05) is 11.6 Å². The molecule has 6 heteroatoms. The Morgan fingerprint density at radius 2 is 2.04 bits per heavy atom. The molecule has 0 aliphatic carbocycles. The first-order valence-corrected chi connectivity index (χ1v) is 8.30. The van der Waals surface area contributed by atoms with Crippen LogP contribution in [0.4, 0.5) is 0 Å². The molecular weight excluding hydrogens is 332 g/mol. The van der Waals surface area contributed by atoms with E-state index in [1.54, 1.807) is 25.5 Å². The Morgan fingerprint density at radius 1 is 1.30 bits per heavy atom. The van der Waals surface area contributed by atoms with E-state index in [2.05, 4.69) is 10.5 Å². The number of ether oxygens (including phenoxy) is 1. The van der Waals surface area contributed by atoms with Gasteiger partial charge in [0.15, 0.2) is 0 Å². The third kappa shape index (κ3) is 5.62. The molecule has 0 aliphatic rings. The van der Waals surface area contributed by atoms with Gasteiger partial charge in [-0.25, -0.2) is 5.43 Å². The molecule has 1 amide bonds. The molecule has 0 saturated carbocycles. The van der Waals surface area contributed by atoms with Gasteiger partial charge in [-0.2, -0.15) is 5.10 Å². The molecule has 120 valence electrons. The molecule has 0 unspecified atom stereocenters. The fourth-order valence-electron chi connectivity index (χ4n) is 1.81. The van der Waals surface area contributed by atoms with E-state index >= 15 is 0 Å². The third-order valence-corrected chi connectivity index (χ3v) is 4.32. The Balaban J connectivity index is 1.83. The standard InChI is InChI=1S/C17H17ClN2O2S/c1-12-9-15(22-2)6-3-13(12)10-19-20-17(21)11-23-16-7-4-14(18)5-8-16/h3-10H,11H2,1-2H3,(H,20,21)/b19-10-. The van der Waals surface area contributed by atoms with Crippen LogP contribution < -0.4 is 10.2 Å². The molecule has 2 aromatic rings. The molecule has 0 atom stereocenters. The number of rotatable bonds is 6. The maximum absolute atomic E-state index is 11.8. The average Bonchev–Trinajstić information content (AvgIpc) is 2.55. The van der Waals surface area contributed by atoms with Crippen LogP contribution in [0.15, 0.2) is 52.5 Å². The lowest BCUT2D eigenvalue weighted by Crippen LogP contribution is -2.19. The normalized spacial score (nSPS) is 10.7. The fraction of sp³-hybridized carbons (Fsp3) is 0.176. The lowest BCUT2D eigenvalue weighted by atomic mass is 10.1. The molecule has 0 fully saturated rings. The summed E-state index contributed by atoms with van der Waals surface area (Å²) in [5.74, 6) is 0.927. The number of carbonyl (C=O) groups excluding carboxylic acids is 1. The summed E-state index contributed by atoms with van der Waals surface area (Å²) in [6.07, 6.45) is 1.62. The molecule has 0 aromatic heterocycles. The Hall–Kier alpha value is -1.98. The second kappa shape index (κ2) is 8.60. The SMILES string of the molecule is COc1ccc(/C=N\NC(=O)CSc2ccc(Cl)cc2)c(C)c1. The monoisotopic (exact) mass is 348 g/mol. The zero-order valence-electron chi connectivity index (χ0n) is 12.9. The van der Waals surface area contributed by atoms with Gasteiger partial charge in [0.1, 0.15) is 5.75 Å². The van der Waals surface area contributed by atoms with Crippen molar-refractivity contribution in [2.45, 2.75) is 11.8 Å². The number of carbonyl (C=O) groups is 1. The molecule has 0 heterocycles. The highest BCUT2D eigenvalue weighted by atomic mass is 35.5. The maximum Gasteiger partial charge on any atom is 0.250 e. The highest BCUT2D eigenvalue weighted by Gasteiger charge is 2.02. The van der Waals surface area contributed by atoms with Crippen molar-refractivity contribution in [1.82, 2.24) is 5.43 Å². The number of hydrazone groups is 1. The summed E-state index contributed by atoms with van der Waals surface area (Å²) in [7, 11) is 1.63. The van der Waals surface area contributed by atoms with E-state index in [0.29, 0.717) is 10.8 Å². The average molecular weight is 349 g/mol. The molecule has 0 spiro atoms. The number of halogens is 1. The number of methoxy groups -OCH3 is 1. The summed E-state index contributed by atoms with van der Waals surface area (Å²) >= 11 is 7.25. The van der Waals surface area contributed by atoms with Gasteiger partial charge < -0.3 is 4.74 Å². The highest BCUT2D eigenvalue weighted by Crippen LogP contribution is 2.20. The van der Waals surface area contributed by atoms with E-state index in [4.69, 9.17) is 16.3 Å². The zero-order valence-corrected chi connectivity index (χ0v) is 14.4. The Bertz CT molecular complexity index is 702. The lowest BCUT2D eigenvalue weighted by Gasteiger charge is -2.04. The molecule has 23 heavy (non-hydrogen) atoms. The van der Waals surface area contributed by atoms with E-state index in [1.165, 1.54) is 11.8 Å². The van der Waals surface area contributed by atoms with Crippen molar-refractivity contribution in [3.63, 3.8) is 0 Å². The molecule has 0 aliphatic heterocycles. The van der Waals surface area contributed by atoms with Crippen molar-refractivity contribution in [2.75, 3.05) is 12.9 Å². The van der Waals surface area contributed by atoms with Gasteiger partial charge in [0.2, 0.25) is 5.91 Å². The van der Waals surface area contributed by atoms with E-state index < -0.39 is 0 Å². The summed E-state index contributed by atoms with van der Waals surface area (Å²) in [5, 5.41) is 4.66. The van der Waals surface area contributed by atoms with Gasteiger partial charge in [0.05, 0.1) is 19.1 Å². The van der Waals surface area contributed by atoms with Crippen molar-refractivity contribution in [3.8, 4) is 5.75 Å². The van der Waals surface area contributed by atoms with Crippen LogP contribution in [0.1, 0.15) is 11.1 Å². The van der Waals surface area contributed by atoms with Crippen LogP contribution in [0.25, 0.3) is 0 Å². The van der Waals surface area contributed by atoms with Gasteiger partial charge in [0.25, 0.3) is 0 Å². The molecule has 0 radical (unpaired) electrons. The smallest absolute Gasteiger partial charge is 0.250 e. The van der Waals surface area contributed by atoms with Crippen LogP contribution in [-0.4, -0.2) is 25.0 Å². The second-order valence-electron chi connectivity index (χ2n) is 4.76. The van der Waals surface area contributed by atoms with E-state index in [0.717, 1.165) is 21.8 Å². The second-order valence-corrected chi connectivity index (χ2v) is 6.24. The number of benzene rings is 2. The predicted molar refractivity (Wildman–Crippen MR) is 95.6 cm³/mol. The van der Waals surface area contributed by atoms with E-state index in [9.17, 15) is 4.79 Å². The molecular formula is C17H17ClN2O2S. The van der Waals surface area contributed by atoms with Crippen LogP contribution in [-0.2, 0) is 4.79 Å². The Kier molecular flexibility index (Phi) is 6.50. The van der Waals surface area contributed by atoms with Crippen molar-refractivity contribution in [2.24, 2.45) is 5.10 Å². The van der Waals surface area contributed by atoms with Gasteiger partial charge in [0, 0.05) is 9.92 Å². The molecule has 0 saturated heterocycles. The first-order chi connectivity index (χ1) is 11.1. The molecule has 0 bridgehead atoms. The van der Waals surface area contributed by atoms with Crippen molar-refractivity contribution in [1.29, 1.82) is 0 Å². The highest BCUT2D eigenvalue weighted by molar-refractivity contribution is 8.00. The van der Waals surface area contributed by atoms with Gasteiger partial charge >= 0.3 is 0 Å². The van der Waals surface area contributed by atoms with Gasteiger partial charge in [-0.15, -0.1) is 11.8 Å². The van der Waals surface area contributed by atoms with Crippen LogP contribution in [0.3, 0.4) is 0 Å². The number of nitrogens with zero attached hydrogens (tertiary/aromatic N) is 1. The Labute approximate surface area is 144 Å². The number of aryl methyl sites for hydroxylation is 1. The van der Waals surface area contributed by atoms with E-state index in [-0.39, 0.29) is 5.91 Å². The molecule has 2 aromatic carbocycles.